The number of benzene rings is 1. The number of nitrogens with two attached hydrogens (primary N) is 1. The molecule has 0 aliphatic rings. The van der Waals surface area contributed by atoms with Crippen LogP contribution in [0.2, 0.25) is 0 Å². The van der Waals surface area contributed by atoms with E-state index in [0.717, 1.165) is 28.3 Å². The average molecular weight is 299 g/mol. The molecular weight excluding hydrogens is 276 g/mol. The number of hydrogen-bond donors (Lipinski definition) is 2. The fraction of sp³-hybridized carbons (Fsp3) is 0.571. The Kier molecular flexibility index (Phi) is 6.41. The van der Waals surface area contributed by atoms with Gasteiger partial charge < -0.3 is 11.1 Å². The molecule has 0 fully saturated rings. The van der Waals surface area contributed by atoms with Gasteiger partial charge in [-0.1, -0.05) is 49.0 Å². The molecule has 0 amide bonds. The van der Waals surface area contributed by atoms with Crippen LogP contribution in [0.3, 0.4) is 0 Å². The normalized spacial score (nSPS) is 12.4. The number of hydrogen-bond acceptors (Lipinski definition) is 2. The van der Waals surface area contributed by atoms with Crippen LogP contribution in [0, 0.1) is 5.92 Å². The Bertz CT molecular complexity index is 339. The fourth-order valence-corrected chi connectivity index (χ4v) is 2.24. The van der Waals surface area contributed by atoms with Gasteiger partial charge >= 0.3 is 0 Å². The smallest absolute Gasteiger partial charge is 0.0585 e. The summed E-state index contributed by atoms with van der Waals surface area (Å²) in [7, 11) is 0. The van der Waals surface area contributed by atoms with Gasteiger partial charge in [-0.2, -0.15) is 0 Å². The van der Waals surface area contributed by atoms with Crippen LogP contribution >= 0.6 is 15.9 Å². The predicted molar refractivity (Wildman–Crippen MR) is 80.4 cm³/mol. The van der Waals surface area contributed by atoms with Crippen molar-refractivity contribution < 1.29 is 0 Å². The van der Waals surface area contributed by atoms with E-state index in [1.165, 1.54) is 25.7 Å². The molecule has 1 atom stereocenters. The van der Waals surface area contributed by atoms with E-state index in [1.54, 1.807) is 0 Å². The van der Waals surface area contributed by atoms with Gasteiger partial charge in [-0.25, -0.2) is 0 Å². The molecule has 1 rings (SSSR count). The van der Waals surface area contributed by atoms with Crippen LogP contribution in [0.15, 0.2) is 22.7 Å². The van der Waals surface area contributed by atoms with Crippen molar-refractivity contribution in [2.24, 2.45) is 5.92 Å². The van der Waals surface area contributed by atoms with E-state index in [2.05, 4.69) is 35.1 Å². The van der Waals surface area contributed by atoms with Crippen LogP contribution in [-0.2, 0) is 0 Å². The standard InChI is InChI=1S/C14H23BrN2/c1-3-5-6-11(4-2)10-17-14-9-12(15)7-8-13(14)16/h7-9,11,17H,3-6,10,16H2,1-2H3. The first kappa shape index (κ1) is 14.4. The zero-order valence-electron chi connectivity index (χ0n) is 10.8. The summed E-state index contributed by atoms with van der Waals surface area (Å²) in [5.74, 6) is 0.744. The maximum Gasteiger partial charge on any atom is 0.0585 e. The number of rotatable bonds is 7. The lowest BCUT2D eigenvalue weighted by Gasteiger charge is -2.17. The van der Waals surface area contributed by atoms with Crippen molar-refractivity contribution in [1.82, 2.24) is 0 Å². The Balaban J connectivity index is 2.50. The van der Waals surface area contributed by atoms with Crippen LogP contribution in [-0.4, -0.2) is 6.54 Å². The minimum Gasteiger partial charge on any atom is -0.397 e. The van der Waals surface area contributed by atoms with Crippen molar-refractivity contribution in [2.45, 2.75) is 39.5 Å². The first-order valence-corrected chi connectivity index (χ1v) is 7.25. The van der Waals surface area contributed by atoms with Gasteiger partial charge in [0.05, 0.1) is 11.4 Å². The summed E-state index contributed by atoms with van der Waals surface area (Å²) < 4.78 is 1.07. The summed E-state index contributed by atoms with van der Waals surface area (Å²) >= 11 is 3.47. The zero-order chi connectivity index (χ0) is 12.7. The molecule has 0 aliphatic carbocycles. The molecule has 1 aromatic carbocycles. The Morgan fingerprint density at radius 3 is 2.76 bits per heavy atom. The second kappa shape index (κ2) is 7.59. The summed E-state index contributed by atoms with van der Waals surface area (Å²) in [6, 6.07) is 5.94. The maximum atomic E-state index is 5.93. The van der Waals surface area contributed by atoms with Crippen LogP contribution in [0.5, 0.6) is 0 Å². The molecule has 0 aromatic heterocycles. The van der Waals surface area contributed by atoms with Crippen molar-refractivity contribution in [3.63, 3.8) is 0 Å². The van der Waals surface area contributed by atoms with E-state index in [4.69, 9.17) is 5.73 Å². The van der Waals surface area contributed by atoms with Crippen molar-refractivity contribution >= 4 is 27.3 Å². The van der Waals surface area contributed by atoms with E-state index in [-0.39, 0.29) is 0 Å². The fourth-order valence-electron chi connectivity index (χ4n) is 1.88. The van der Waals surface area contributed by atoms with Gasteiger partial charge in [-0.3, -0.25) is 0 Å². The molecule has 17 heavy (non-hydrogen) atoms. The lowest BCUT2D eigenvalue weighted by atomic mass is 9.99. The Morgan fingerprint density at radius 1 is 1.35 bits per heavy atom. The molecule has 3 N–H and O–H groups in total. The largest absolute Gasteiger partial charge is 0.397 e. The molecule has 0 radical (unpaired) electrons. The summed E-state index contributed by atoms with van der Waals surface area (Å²) in [6.45, 7) is 5.51. The molecule has 1 aromatic rings. The highest BCUT2D eigenvalue weighted by Gasteiger charge is 2.06. The molecular formula is C14H23BrN2. The zero-order valence-corrected chi connectivity index (χ0v) is 12.4. The summed E-state index contributed by atoms with van der Waals surface area (Å²) in [5, 5.41) is 3.46. The highest BCUT2D eigenvalue weighted by Crippen LogP contribution is 2.24. The van der Waals surface area contributed by atoms with Gasteiger partial charge in [0.25, 0.3) is 0 Å². The van der Waals surface area contributed by atoms with Crippen molar-refractivity contribution in [2.75, 3.05) is 17.6 Å². The van der Waals surface area contributed by atoms with E-state index in [0.29, 0.717) is 0 Å². The first-order valence-electron chi connectivity index (χ1n) is 6.46. The second-order valence-corrected chi connectivity index (χ2v) is 5.44. The minimum atomic E-state index is 0.744. The lowest BCUT2D eigenvalue weighted by Crippen LogP contribution is -2.14. The van der Waals surface area contributed by atoms with Crippen LogP contribution < -0.4 is 11.1 Å². The summed E-state index contributed by atoms with van der Waals surface area (Å²) in [4.78, 5) is 0. The van der Waals surface area contributed by atoms with E-state index >= 15 is 0 Å². The third-order valence-corrected chi connectivity index (χ3v) is 3.63. The Morgan fingerprint density at radius 2 is 2.12 bits per heavy atom. The quantitative estimate of drug-likeness (QED) is 0.719. The topological polar surface area (TPSA) is 38.0 Å². The molecule has 0 spiro atoms. The third kappa shape index (κ3) is 4.99. The first-order chi connectivity index (χ1) is 8.17. The number of halogens is 1. The number of nitrogen functional groups attached to an aromatic ring is 1. The van der Waals surface area contributed by atoms with Crippen molar-refractivity contribution in [3.05, 3.63) is 22.7 Å². The van der Waals surface area contributed by atoms with Gasteiger partial charge in [0.1, 0.15) is 0 Å². The molecule has 0 heterocycles. The minimum absolute atomic E-state index is 0.744. The highest BCUT2D eigenvalue weighted by atomic mass is 79.9. The predicted octanol–water partition coefficient (Wildman–Crippen LogP) is 4.66. The van der Waals surface area contributed by atoms with Crippen molar-refractivity contribution in [1.29, 1.82) is 0 Å². The molecule has 0 saturated heterocycles. The molecule has 0 bridgehead atoms. The Labute approximate surface area is 113 Å². The monoisotopic (exact) mass is 298 g/mol. The highest BCUT2D eigenvalue weighted by molar-refractivity contribution is 9.10. The van der Waals surface area contributed by atoms with Gasteiger partial charge in [0.2, 0.25) is 0 Å². The molecule has 3 heteroatoms. The number of anilines is 2. The van der Waals surface area contributed by atoms with Gasteiger partial charge in [-0.15, -0.1) is 0 Å². The summed E-state index contributed by atoms with van der Waals surface area (Å²) in [5.41, 5.74) is 7.79. The lowest BCUT2D eigenvalue weighted by molar-refractivity contribution is 0.473. The van der Waals surface area contributed by atoms with Gasteiger partial charge in [0, 0.05) is 11.0 Å². The Hall–Kier alpha value is -0.700. The van der Waals surface area contributed by atoms with Crippen LogP contribution in [0.1, 0.15) is 39.5 Å². The van der Waals surface area contributed by atoms with E-state index in [9.17, 15) is 0 Å². The van der Waals surface area contributed by atoms with Crippen molar-refractivity contribution in [3.8, 4) is 0 Å². The number of nitrogens with one attached hydrogen (secondary N) is 1. The molecule has 2 nitrogen and oxygen atoms in total. The SMILES string of the molecule is CCCCC(CC)CNc1cc(Br)ccc1N. The van der Waals surface area contributed by atoms with Crippen LogP contribution in [0.4, 0.5) is 11.4 Å². The molecule has 0 saturated carbocycles. The second-order valence-electron chi connectivity index (χ2n) is 4.53. The van der Waals surface area contributed by atoms with E-state index < -0.39 is 0 Å². The molecule has 0 aliphatic heterocycles. The molecule has 1 unspecified atom stereocenters. The number of unbranched alkanes of at least 4 members (excludes halogenated alkanes) is 1. The van der Waals surface area contributed by atoms with Gasteiger partial charge in [-0.05, 0) is 30.5 Å². The maximum absolute atomic E-state index is 5.93. The van der Waals surface area contributed by atoms with Gasteiger partial charge in [0.15, 0.2) is 0 Å². The third-order valence-electron chi connectivity index (χ3n) is 3.14. The van der Waals surface area contributed by atoms with Crippen LogP contribution in [0.25, 0.3) is 0 Å². The molecule has 96 valence electrons. The summed E-state index contributed by atoms with van der Waals surface area (Å²) in [6.07, 6.45) is 5.11. The van der Waals surface area contributed by atoms with E-state index in [1.807, 2.05) is 18.2 Å². The average Bonchev–Trinajstić information content (AvgIpc) is 2.33.